The lowest BCUT2D eigenvalue weighted by Crippen LogP contribution is -1.97. The Morgan fingerprint density at radius 1 is 1.21 bits per heavy atom. The summed E-state index contributed by atoms with van der Waals surface area (Å²) in [6.45, 7) is 0. The van der Waals surface area contributed by atoms with Gasteiger partial charge < -0.3 is 9.52 Å². The molecule has 0 aliphatic rings. The van der Waals surface area contributed by atoms with Crippen molar-refractivity contribution in [3.8, 4) is 0 Å². The van der Waals surface area contributed by atoms with Gasteiger partial charge in [0.1, 0.15) is 11.9 Å². The van der Waals surface area contributed by atoms with E-state index in [4.69, 9.17) is 16.0 Å². The third kappa shape index (κ3) is 1.81. The normalized spacial score (nSPS) is 12.7. The molecule has 1 heterocycles. The number of furan rings is 1. The summed E-state index contributed by atoms with van der Waals surface area (Å²) in [6.07, 6.45) is 0.784. The van der Waals surface area contributed by atoms with Gasteiger partial charge >= 0.3 is 0 Å². The third-order valence-electron chi connectivity index (χ3n) is 1.98. The molecule has 3 heteroatoms. The molecule has 0 spiro atoms. The third-order valence-corrected chi connectivity index (χ3v) is 2.21. The molecule has 2 rings (SSSR count). The summed E-state index contributed by atoms with van der Waals surface area (Å²) >= 11 is 5.81. The molecule has 0 saturated heterocycles. The Morgan fingerprint density at radius 3 is 2.71 bits per heavy atom. The van der Waals surface area contributed by atoms with Crippen LogP contribution in [0.2, 0.25) is 5.02 Å². The first kappa shape index (κ1) is 9.31. The van der Waals surface area contributed by atoms with Crippen molar-refractivity contribution in [2.75, 3.05) is 0 Å². The molecule has 1 N–H and O–H groups in total. The maximum absolute atomic E-state index is 9.85. The van der Waals surface area contributed by atoms with Gasteiger partial charge in [0.25, 0.3) is 0 Å². The monoisotopic (exact) mass is 208 g/mol. The van der Waals surface area contributed by atoms with Crippen LogP contribution in [0.15, 0.2) is 47.1 Å². The second-order valence-electron chi connectivity index (χ2n) is 2.97. The van der Waals surface area contributed by atoms with Crippen LogP contribution in [0.3, 0.4) is 0 Å². The highest BCUT2D eigenvalue weighted by Crippen LogP contribution is 2.24. The fraction of sp³-hybridized carbons (Fsp3) is 0.0909. The molecular formula is C11H9ClO2. The van der Waals surface area contributed by atoms with Crippen molar-refractivity contribution in [3.63, 3.8) is 0 Å². The van der Waals surface area contributed by atoms with Crippen molar-refractivity contribution >= 4 is 11.6 Å². The predicted octanol–water partition coefficient (Wildman–Crippen LogP) is 3.01. The highest BCUT2D eigenvalue weighted by atomic mass is 35.5. The van der Waals surface area contributed by atoms with E-state index in [-0.39, 0.29) is 0 Å². The fourth-order valence-corrected chi connectivity index (χ4v) is 1.49. The van der Waals surface area contributed by atoms with E-state index in [9.17, 15) is 5.11 Å². The average molecular weight is 209 g/mol. The molecule has 0 unspecified atom stereocenters. The summed E-state index contributed by atoms with van der Waals surface area (Å²) in [7, 11) is 0. The molecule has 0 aliphatic carbocycles. The van der Waals surface area contributed by atoms with Crippen LogP contribution in [0.4, 0.5) is 0 Å². The van der Waals surface area contributed by atoms with Crippen molar-refractivity contribution in [2.24, 2.45) is 0 Å². The Kier molecular flexibility index (Phi) is 2.57. The van der Waals surface area contributed by atoms with Gasteiger partial charge in [0.05, 0.1) is 6.26 Å². The number of benzene rings is 1. The molecule has 0 aliphatic heterocycles. The second kappa shape index (κ2) is 3.86. The predicted molar refractivity (Wildman–Crippen MR) is 54.2 cm³/mol. The summed E-state index contributed by atoms with van der Waals surface area (Å²) in [6, 6.07) is 10.5. The van der Waals surface area contributed by atoms with Gasteiger partial charge in [-0.3, -0.25) is 0 Å². The maximum atomic E-state index is 9.85. The zero-order chi connectivity index (χ0) is 9.97. The highest BCUT2D eigenvalue weighted by Gasteiger charge is 2.12. The van der Waals surface area contributed by atoms with E-state index in [0.717, 1.165) is 5.56 Å². The topological polar surface area (TPSA) is 33.4 Å². The van der Waals surface area contributed by atoms with Crippen LogP contribution >= 0.6 is 11.6 Å². The minimum atomic E-state index is -0.747. The molecule has 0 bridgehead atoms. The zero-order valence-corrected chi connectivity index (χ0v) is 8.11. The Bertz CT molecular complexity index is 409. The minimum absolute atomic E-state index is 0.521. The molecule has 72 valence electrons. The lowest BCUT2D eigenvalue weighted by Gasteiger charge is -2.07. The van der Waals surface area contributed by atoms with Crippen LogP contribution in [0.5, 0.6) is 0 Å². The first-order chi connectivity index (χ1) is 6.77. The van der Waals surface area contributed by atoms with Gasteiger partial charge in [0.15, 0.2) is 0 Å². The number of hydrogen-bond acceptors (Lipinski definition) is 2. The van der Waals surface area contributed by atoms with E-state index >= 15 is 0 Å². The van der Waals surface area contributed by atoms with Gasteiger partial charge in [0.2, 0.25) is 0 Å². The Morgan fingerprint density at radius 2 is 2.07 bits per heavy atom. The number of aliphatic hydroxyl groups excluding tert-OH is 1. The molecule has 2 nitrogen and oxygen atoms in total. The quantitative estimate of drug-likeness (QED) is 0.823. The van der Waals surface area contributed by atoms with Crippen LogP contribution < -0.4 is 0 Å². The minimum Gasteiger partial charge on any atom is -0.466 e. The van der Waals surface area contributed by atoms with Crippen LogP contribution in [0, 0.1) is 0 Å². The van der Waals surface area contributed by atoms with E-state index in [1.807, 2.05) is 0 Å². The number of aliphatic hydroxyl groups is 1. The Labute approximate surface area is 86.7 Å². The first-order valence-electron chi connectivity index (χ1n) is 4.24. The van der Waals surface area contributed by atoms with E-state index in [1.165, 1.54) is 6.26 Å². The number of halogens is 1. The molecule has 0 radical (unpaired) electrons. The molecule has 1 atom stereocenters. The van der Waals surface area contributed by atoms with Gasteiger partial charge in [-0.25, -0.2) is 0 Å². The van der Waals surface area contributed by atoms with E-state index in [0.29, 0.717) is 10.8 Å². The summed E-state index contributed by atoms with van der Waals surface area (Å²) < 4.78 is 5.10. The summed E-state index contributed by atoms with van der Waals surface area (Å²) in [5, 5.41) is 10.5. The van der Waals surface area contributed by atoms with E-state index < -0.39 is 6.10 Å². The van der Waals surface area contributed by atoms with E-state index in [2.05, 4.69) is 0 Å². The Balaban J connectivity index is 2.32. The van der Waals surface area contributed by atoms with E-state index in [1.54, 1.807) is 36.4 Å². The Hall–Kier alpha value is -1.25. The highest BCUT2D eigenvalue weighted by molar-refractivity contribution is 6.30. The lowest BCUT2D eigenvalue weighted by atomic mass is 10.1. The average Bonchev–Trinajstić information content (AvgIpc) is 2.69. The largest absolute Gasteiger partial charge is 0.466 e. The van der Waals surface area contributed by atoms with Crippen molar-refractivity contribution in [3.05, 3.63) is 59.0 Å². The van der Waals surface area contributed by atoms with Crippen molar-refractivity contribution < 1.29 is 9.52 Å². The molecule has 1 aromatic carbocycles. The van der Waals surface area contributed by atoms with Crippen LogP contribution in [0.25, 0.3) is 0 Å². The van der Waals surface area contributed by atoms with Gasteiger partial charge in [-0.15, -0.1) is 0 Å². The molecule has 1 aromatic heterocycles. The summed E-state index contributed by atoms with van der Waals surface area (Å²) in [4.78, 5) is 0. The first-order valence-corrected chi connectivity index (χ1v) is 4.62. The van der Waals surface area contributed by atoms with Gasteiger partial charge in [0, 0.05) is 5.02 Å². The number of rotatable bonds is 2. The van der Waals surface area contributed by atoms with Crippen molar-refractivity contribution in [2.45, 2.75) is 6.10 Å². The maximum Gasteiger partial charge on any atom is 0.137 e. The molecule has 0 saturated carbocycles. The molecular weight excluding hydrogens is 200 g/mol. The van der Waals surface area contributed by atoms with Crippen LogP contribution in [0.1, 0.15) is 17.4 Å². The summed E-state index contributed by atoms with van der Waals surface area (Å²) in [5.41, 5.74) is 0.729. The van der Waals surface area contributed by atoms with Crippen molar-refractivity contribution in [1.82, 2.24) is 0 Å². The molecule has 0 fully saturated rings. The molecule has 2 aromatic rings. The van der Waals surface area contributed by atoms with Gasteiger partial charge in [-0.1, -0.05) is 23.7 Å². The smallest absolute Gasteiger partial charge is 0.137 e. The zero-order valence-electron chi connectivity index (χ0n) is 7.35. The standard InChI is InChI=1S/C11H9ClO2/c12-9-4-1-3-8(7-9)11(13)10-5-2-6-14-10/h1-7,11,13H/t11-/m1/s1. The number of hydrogen-bond donors (Lipinski definition) is 1. The van der Waals surface area contributed by atoms with Gasteiger partial charge in [-0.2, -0.15) is 0 Å². The lowest BCUT2D eigenvalue weighted by molar-refractivity contribution is 0.189. The van der Waals surface area contributed by atoms with Crippen LogP contribution in [-0.4, -0.2) is 5.11 Å². The summed E-state index contributed by atoms with van der Waals surface area (Å²) in [5.74, 6) is 0.521. The second-order valence-corrected chi connectivity index (χ2v) is 3.41. The van der Waals surface area contributed by atoms with Gasteiger partial charge in [-0.05, 0) is 29.8 Å². The van der Waals surface area contributed by atoms with Crippen LogP contribution in [-0.2, 0) is 0 Å². The fourth-order valence-electron chi connectivity index (χ4n) is 1.29. The molecule has 14 heavy (non-hydrogen) atoms. The van der Waals surface area contributed by atoms with Crippen molar-refractivity contribution in [1.29, 1.82) is 0 Å². The SMILES string of the molecule is O[C@H](c1cccc(Cl)c1)c1ccco1. The molecule has 0 amide bonds.